The second-order valence-electron chi connectivity index (χ2n) is 7.03. The van der Waals surface area contributed by atoms with Crippen molar-refractivity contribution < 1.29 is 9.47 Å². The predicted molar refractivity (Wildman–Crippen MR) is 97.6 cm³/mol. The van der Waals surface area contributed by atoms with E-state index in [9.17, 15) is 0 Å². The molecule has 4 aliphatic rings. The van der Waals surface area contributed by atoms with Gasteiger partial charge in [-0.2, -0.15) is 0 Å². The number of hydrogen-bond acceptors (Lipinski definition) is 6. The molecular weight excluding hydrogens is 328 g/mol. The standard InChI is InChI=1S/C20H18N4O2/c1-3-7-15-13(5-1)9-23-11-25-17(19(23)21-15)18-20-22-16-8-4-2-6-14(16)10-24(20)12-26-18/h1-8,17-18H,9-12H2/t17-,18-/m1/s1. The summed E-state index contributed by atoms with van der Waals surface area (Å²) in [5.41, 5.74) is 4.52. The Morgan fingerprint density at radius 2 is 1.15 bits per heavy atom. The van der Waals surface area contributed by atoms with Crippen LogP contribution in [-0.2, 0) is 22.6 Å². The van der Waals surface area contributed by atoms with Gasteiger partial charge in [0.2, 0.25) is 0 Å². The van der Waals surface area contributed by atoms with Crippen LogP contribution < -0.4 is 0 Å². The van der Waals surface area contributed by atoms with Gasteiger partial charge in [-0.3, -0.25) is 0 Å². The topological polar surface area (TPSA) is 49.7 Å². The van der Waals surface area contributed by atoms with Gasteiger partial charge < -0.3 is 19.3 Å². The van der Waals surface area contributed by atoms with Crippen molar-refractivity contribution in [3.05, 3.63) is 59.7 Å². The number of benzene rings is 2. The number of fused-ring (bicyclic) bond motifs is 4. The Balaban J connectivity index is 1.38. The van der Waals surface area contributed by atoms with E-state index < -0.39 is 0 Å². The Labute approximate surface area is 151 Å². The fourth-order valence-corrected chi connectivity index (χ4v) is 4.11. The van der Waals surface area contributed by atoms with Crippen LogP contribution in [0.2, 0.25) is 0 Å². The molecule has 0 saturated carbocycles. The SMILES string of the molecule is c1ccc2c(c1)CN1CO[C@H]([C@H]3OCN4Cc5ccccc5N=C34)C1=N2. The molecule has 6 rings (SSSR count). The number of para-hydroxylation sites is 2. The van der Waals surface area contributed by atoms with Crippen LogP contribution in [0.15, 0.2) is 58.5 Å². The second kappa shape index (κ2) is 5.40. The van der Waals surface area contributed by atoms with Gasteiger partial charge in [0.05, 0.1) is 11.4 Å². The molecule has 2 aromatic carbocycles. The zero-order valence-electron chi connectivity index (χ0n) is 14.2. The molecule has 130 valence electrons. The van der Waals surface area contributed by atoms with E-state index >= 15 is 0 Å². The number of rotatable bonds is 1. The molecule has 0 radical (unpaired) electrons. The molecule has 2 saturated heterocycles. The van der Waals surface area contributed by atoms with Crippen LogP contribution in [0.3, 0.4) is 0 Å². The van der Waals surface area contributed by atoms with E-state index in [1.807, 2.05) is 12.1 Å². The van der Waals surface area contributed by atoms with Crippen LogP contribution in [0.5, 0.6) is 0 Å². The van der Waals surface area contributed by atoms with Gasteiger partial charge in [-0.1, -0.05) is 36.4 Å². The molecule has 2 fully saturated rings. The van der Waals surface area contributed by atoms with Crippen molar-refractivity contribution in [1.29, 1.82) is 0 Å². The van der Waals surface area contributed by atoms with E-state index in [4.69, 9.17) is 19.5 Å². The first-order valence-electron chi connectivity index (χ1n) is 8.93. The molecule has 0 bridgehead atoms. The highest BCUT2D eigenvalue weighted by molar-refractivity contribution is 6.00. The fraction of sp³-hybridized carbons (Fsp3) is 0.300. The van der Waals surface area contributed by atoms with Crippen molar-refractivity contribution in [2.24, 2.45) is 9.98 Å². The molecule has 6 nitrogen and oxygen atoms in total. The van der Waals surface area contributed by atoms with E-state index in [-0.39, 0.29) is 12.2 Å². The van der Waals surface area contributed by atoms with Gasteiger partial charge in [-0.15, -0.1) is 0 Å². The van der Waals surface area contributed by atoms with Crippen molar-refractivity contribution in [2.45, 2.75) is 25.3 Å². The zero-order valence-corrected chi connectivity index (χ0v) is 14.2. The molecule has 6 heteroatoms. The van der Waals surface area contributed by atoms with E-state index in [2.05, 4.69) is 46.2 Å². The number of ether oxygens (including phenoxy) is 2. The van der Waals surface area contributed by atoms with Gasteiger partial charge in [0.25, 0.3) is 0 Å². The first-order chi connectivity index (χ1) is 12.9. The summed E-state index contributed by atoms with van der Waals surface area (Å²) < 4.78 is 12.2. The summed E-state index contributed by atoms with van der Waals surface area (Å²) in [6.45, 7) is 2.75. The summed E-state index contributed by atoms with van der Waals surface area (Å²) in [5.74, 6) is 1.91. The van der Waals surface area contributed by atoms with Crippen molar-refractivity contribution in [3.8, 4) is 0 Å². The zero-order chi connectivity index (χ0) is 17.1. The van der Waals surface area contributed by atoms with Crippen molar-refractivity contribution in [2.75, 3.05) is 13.5 Å². The van der Waals surface area contributed by atoms with Crippen molar-refractivity contribution in [1.82, 2.24) is 9.80 Å². The van der Waals surface area contributed by atoms with Crippen molar-refractivity contribution in [3.63, 3.8) is 0 Å². The molecule has 0 amide bonds. The summed E-state index contributed by atoms with van der Waals surface area (Å²) in [6, 6.07) is 16.5. The maximum absolute atomic E-state index is 6.11. The summed E-state index contributed by atoms with van der Waals surface area (Å²) in [7, 11) is 0. The molecule has 0 aliphatic carbocycles. The molecule has 0 unspecified atom stereocenters. The quantitative estimate of drug-likeness (QED) is 0.797. The Kier molecular flexibility index (Phi) is 3.00. The van der Waals surface area contributed by atoms with Crippen molar-refractivity contribution >= 4 is 23.0 Å². The molecule has 2 aromatic rings. The monoisotopic (exact) mass is 346 g/mol. The lowest BCUT2D eigenvalue weighted by molar-refractivity contribution is 0.000347. The van der Waals surface area contributed by atoms with Crippen LogP contribution in [-0.4, -0.2) is 47.1 Å². The molecule has 0 N–H and O–H groups in total. The lowest BCUT2D eigenvalue weighted by atomic mass is 10.1. The minimum atomic E-state index is -0.211. The van der Waals surface area contributed by atoms with Gasteiger partial charge >= 0.3 is 0 Å². The summed E-state index contributed by atoms with van der Waals surface area (Å²) in [5, 5.41) is 0. The number of hydrogen-bond donors (Lipinski definition) is 0. The van der Waals surface area contributed by atoms with Crippen LogP contribution in [0, 0.1) is 0 Å². The third-order valence-electron chi connectivity index (χ3n) is 5.43. The average Bonchev–Trinajstić information content (AvgIpc) is 3.27. The third-order valence-corrected chi connectivity index (χ3v) is 5.43. The van der Waals surface area contributed by atoms with Gasteiger partial charge in [-0.25, -0.2) is 9.98 Å². The number of amidine groups is 2. The Morgan fingerprint density at radius 1 is 0.692 bits per heavy atom. The van der Waals surface area contributed by atoms with Crippen LogP contribution in [0.4, 0.5) is 11.4 Å². The Morgan fingerprint density at radius 3 is 1.65 bits per heavy atom. The number of aliphatic imine (C=N–C) groups is 2. The molecule has 2 atom stereocenters. The molecular formula is C20H18N4O2. The van der Waals surface area contributed by atoms with Gasteiger partial charge in [0.1, 0.15) is 25.1 Å². The van der Waals surface area contributed by atoms with Crippen LogP contribution in [0.25, 0.3) is 0 Å². The van der Waals surface area contributed by atoms with Crippen LogP contribution in [0.1, 0.15) is 11.1 Å². The summed E-state index contributed by atoms with van der Waals surface area (Å²) in [4.78, 5) is 14.1. The summed E-state index contributed by atoms with van der Waals surface area (Å²) >= 11 is 0. The fourth-order valence-electron chi connectivity index (χ4n) is 4.11. The van der Waals surface area contributed by atoms with Gasteiger partial charge in [-0.05, 0) is 23.3 Å². The highest BCUT2D eigenvalue weighted by atomic mass is 16.6. The maximum Gasteiger partial charge on any atom is 0.151 e. The highest BCUT2D eigenvalue weighted by Crippen LogP contribution is 2.35. The number of nitrogens with zero attached hydrogens (tertiary/aromatic N) is 4. The van der Waals surface area contributed by atoms with E-state index in [0.29, 0.717) is 13.5 Å². The molecule has 26 heavy (non-hydrogen) atoms. The summed E-state index contributed by atoms with van der Waals surface area (Å²) in [6.07, 6.45) is -0.422. The predicted octanol–water partition coefficient (Wildman–Crippen LogP) is 2.79. The lowest BCUT2D eigenvalue weighted by Gasteiger charge is -2.27. The normalized spacial score (nSPS) is 25.8. The molecule has 0 spiro atoms. The molecule has 4 aliphatic heterocycles. The second-order valence-corrected chi connectivity index (χ2v) is 7.03. The van der Waals surface area contributed by atoms with Gasteiger partial charge in [0.15, 0.2) is 12.2 Å². The van der Waals surface area contributed by atoms with Gasteiger partial charge in [0, 0.05) is 13.1 Å². The lowest BCUT2D eigenvalue weighted by Crippen LogP contribution is -2.43. The molecule has 0 aromatic heterocycles. The Bertz CT molecular complexity index is 877. The minimum Gasteiger partial charge on any atom is -0.347 e. The van der Waals surface area contributed by atoms with E-state index in [0.717, 1.165) is 36.1 Å². The largest absolute Gasteiger partial charge is 0.347 e. The molecule has 4 heterocycles. The van der Waals surface area contributed by atoms with E-state index in [1.54, 1.807) is 0 Å². The van der Waals surface area contributed by atoms with E-state index in [1.165, 1.54) is 11.1 Å². The Hall–Kier alpha value is -2.70. The van der Waals surface area contributed by atoms with Crippen LogP contribution >= 0.6 is 0 Å². The minimum absolute atomic E-state index is 0.211. The smallest absolute Gasteiger partial charge is 0.151 e. The highest BCUT2D eigenvalue weighted by Gasteiger charge is 2.46. The average molecular weight is 346 g/mol. The maximum atomic E-state index is 6.11. The first-order valence-corrected chi connectivity index (χ1v) is 8.93. The first kappa shape index (κ1) is 14.5. The third kappa shape index (κ3) is 2.06.